The minimum atomic E-state index is 0.695. The summed E-state index contributed by atoms with van der Waals surface area (Å²) in [4.78, 5) is 0. The maximum absolute atomic E-state index is 10.4. The Morgan fingerprint density at radius 1 is 0.406 bits per heavy atom. The summed E-state index contributed by atoms with van der Waals surface area (Å²) in [6.07, 6.45) is 0. The number of nitrogens with zero attached hydrogens (tertiary/aromatic N) is 1. The second-order valence-corrected chi connectivity index (χ2v) is 7.67. The molecule has 0 fully saturated rings. The van der Waals surface area contributed by atoms with Crippen molar-refractivity contribution in [2.24, 2.45) is 0 Å². The molecular formula is C31H21N. The van der Waals surface area contributed by atoms with Crippen molar-refractivity contribution in [1.29, 1.82) is 5.26 Å². The van der Waals surface area contributed by atoms with Crippen LogP contribution in [0.2, 0.25) is 0 Å². The van der Waals surface area contributed by atoms with E-state index in [1.54, 1.807) is 0 Å². The first kappa shape index (κ1) is 19.5. The second kappa shape index (κ2) is 8.76. The molecule has 0 heterocycles. The fourth-order valence-corrected chi connectivity index (χ4v) is 4.29. The van der Waals surface area contributed by atoms with Crippen LogP contribution in [0.5, 0.6) is 0 Å². The van der Waals surface area contributed by atoms with Gasteiger partial charge in [-0.1, -0.05) is 121 Å². The van der Waals surface area contributed by atoms with Crippen LogP contribution in [-0.4, -0.2) is 0 Å². The van der Waals surface area contributed by atoms with Crippen LogP contribution in [0.1, 0.15) is 5.56 Å². The molecule has 150 valence electrons. The van der Waals surface area contributed by atoms with Crippen molar-refractivity contribution in [3.05, 3.63) is 133 Å². The highest BCUT2D eigenvalue weighted by atomic mass is 14.3. The fourth-order valence-electron chi connectivity index (χ4n) is 4.29. The molecule has 0 spiro atoms. The third-order valence-corrected chi connectivity index (χ3v) is 5.73. The van der Waals surface area contributed by atoms with E-state index in [9.17, 15) is 5.26 Å². The van der Waals surface area contributed by atoms with Crippen LogP contribution in [0.15, 0.2) is 127 Å². The van der Waals surface area contributed by atoms with Crippen LogP contribution in [-0.2, 0) is 0 Å². The van der Waals surface area contributed by atoms with Gasteiger partial charge in [-0.05, 0) is 39.4 Å². The molecule has 0 unspecified atom stereocenters. The quantitative estimate of drug-likeness (QED) is 0.294. The van der Waals surface area contributed by atoms with Crippen molar-refractivity contribution in [2.75, 3.05) is 0 Å². The monoisotopic (exact) mass is 407 g/mol. The van der Waals surface area contributed by atoms with E-state index in [0.29, 0.717) is 5.56 Å². The Bertz CT molecular complexity index is 1380. The van der Waals surface area contributed by atoms with Gasteiger partial charge in [0.05, 0.1) is 5.56 Å². The minimum absolute atomic E-state index is 0.695. The standard InChI is InChI=1S/C31H21N/c32-22-29-27(23-13-5-1-6-14-23)21-28(24-15-7-2-8-16-24)30(25-17-9-3-10-18-25)31(29)26-19-11-4-12-20-26/h1-21H. The Morgan fingerprint density at radius 2 is 0.781 bits per heavy atom. The highest BCUT2D eigenvalue weighted by Crippen LogP contribution is 2.45. The predicted octanol–water partition coefficient (Wildman–Crippen LogP) is 8.23. The molecule has 5 aromatic carbocycles. The topological polar surface area (TPSA) is 23.8 Å². The third-order valence-electron chi connectivity index (χ3n) is 5.73. The molecule has 0 aliphatic carbocycles. The normalized spacial score (nSPS) is 10.5. The zero-order chi connectivity index (χ0) is 21.8. The summed E-state index contributed by atoms with van der Waals surface area (Å²) in [5.74, 6) is 0. The van der Waals surface area contributed by atoms with E-state index in [1.807, 2.05) is 48.5 Å². The van der Waals surface area contributed by atoms with Crippen molar-refractivity contribution in [1.82, 2.24) is 0 Å². The highest BCUT2D eigenvalue weighted by Gasteiger charge is 2.22. The molecule has 5 aromatic rings. The Labute approximate surface area is 188 Å². The molecule has 0 N–H and O–H groups in total. The van der Waals surface area contributed by atoms with Gasteiger partial charge < -0.3 is 0 Å². The van der Waals surface area contributed by atoms with E-state index in [-0.39, 0.29) is 0 Å². The maximum atomic E-state index is 10.4. The molecule has 0 atom stereocenters. The summed E-state index contributed by atoms with van der Waals surface area (Å²) < 4.78 is 0. The number of nitriles is 1. The van der Waals surface area contributed by atoms with E-state index >= 15 is 0 Å². The van der Waals surface area contributed by atoms with Crippen LogP contribution in [0.4, 0.5) is 0 Å². The molecule has 1 heteroatoms. The van der Waals surface area contributed by atoms with Crippen LogP contribution in [0.3, 0.4) is 0 Å². The second-order valence-electron chi connectivity index (χ2n) is 7.67. The predicted molar refractivity (Wildman–Crippen MR) is 133 cm³/mol. The van der Waals surface area contributed by atoms with Gasteiger partial charge in [0.25, 0.3) is 0 Å². The van der Waals surface area contributed by atoms with Crippen LogP contribution in [0, 0.1) is 11.3 Å². The molecule has 0 aliphatic rings. The van der Waals surface area contributed by atoms with Gasteiger partial charge in [0.2, 0.25) is 0 Å². The minimum Gasteiger partial charge on any atom is -0.192 e. The SMILES string of the molecule is N#Cc1c(-c2ccccc2)cc(-c2ccccc2)c(-c2ccccc2)c1-c1ccccc1. The van der Waals surface area contributed by atoms with Crippen LogP contribution >= 0.6 is 0 Å². The molecule has 1 nitrogen and oxygen atoms in total. The summed E-state index contributed by atoms with van der Waals surface area (Å²) in [6.45, 7) is 0. The zero-order valence-electron chi connectivity index (χ0n) is 17.6. The molecule has 0 amide bonds. The number of hydrogen-bond donors (Lipinski definition) is 0. The first-order valence-electron chi connectivity index (χ1n) is 10.7. The lowest BCUT2D eigenvalue weighted by molar-refractivity contribution is 1.46. The average Bonchev–Trinajstić information content (AvgIpc) is 2.89. The number of hydrogen-bond acceptors (Lipinski definition) is 1. The molecule has 0 radical (unpaired) electrons. The molecule has 0 saturated carbocycles. The molecule has 0 saturated heterocycles. The van der Waals surface area contributed by atoms with Gasteiger partial charge >= 0.3 is 0 Å². The van der Waals surface area contributed by atoms with Crippen molar-refractivity contribution < 1.29 is 0 Å². The van der Waals surface area contributed by atoms with Gasteiger partial charge in [-0.2, -0.15) is 5.26 Å². The molecule has 32 heavy (non-hydrogen) atoms. The van der Waals surface area contributed by atoms with Crippen LogP contribution < -0.4 is 0 Å². The van der Waals surface area contributed by atoms with E-state index < -0.39 is 0 Å². The van der Waals surface area contributed by atoms with Crippen molar-refractivity contribution in [3.8, 4) is 50.6 Å². The van der Waals surface area contributed by atoms with E-state index in [2.05, 4.69) is 84.9 Å². The fraction of sp³-hybridized carbons (Fsp3) is 0. The van der Waals surface area contributed by atoms with E-state index in [4.69, 9.17) is 0 Å². The summed E-state index contributed by atoms with van der Waals surface area (Å²) in [7, 11) is 0. The molecular weight excluding hydrogens is 386 g/mol. The lowest BCUT2D eigenvalue weighted by Gasteiger charge is -2.21. The average molecular weight is 408 g/mol. The number of rotatable bonds is 4. The van der Waals surface area contributed by atoms with Gasteiger partial charge in [-0.15, -0.1) is 0 Å². The van der Waals surface area contributed by atoms with Crippen molar-refractivity contribution in [2.45, 2.75) is 0 Å². The lowest BCUT2D eigenvalue weighted by Crippen LogP contribution is -1.98. The Hall–Kier alpha value is -4.41. The zero-order valence-corrected chi connectivity index (χ0v) is 17.6. The van der Waals surface area contributed by atoms with Gasteiger partial charge in [0.15, 0.2) is 0 Å². The molecule has 0 aromatic heterocycles. The maximum Gasteiger partial charge on any atom is 0.100 e. The molecule has 0 aliphatic heterocycles. The molecule has 0 bridgehead atoms. The van der Waals surface area contributed by atoms with Gasteiger partial charge in [0.1, 0.15) is 6.07 Å². The summed E-state index contributed by atoms with van der Waals surface area (Å²) in [5, 5.41) is 10.4. The Morgan fingerprint density at radius 3 is 1.22 bits per heavy atom. The summed E-state index contributed by atoms with van der Waals surface area (Å²) in [5.41, 5.74) is 9.13. The summed E-state index contributed by atoms with van der Waals surface area (Å²) >= 11 is 0. The smallest absolute Gasteiger partial charge is 0.100 e. The van der Waals surface area contributed by atoms with Crippen molar-refractivity contribution in [3.63, 3.8) is 0 Å². The highest BCUT2D eigenvalue weighted by molar-refractivity contribution is 6.01. The first-order valence-corrected chi connectivity index (χ1v) is 10.7. The Kier molecular flexibility index (Phi) is 5.35. The van der Waals surface area contributed by atoms with E-state index in [1.165, 1.54) is 0 Å². The third kappa shape index (κ3) is 3.60. The van der Waals surface area contributed by atoms with E-state index in [0.717, 1.165) is 44.5 Å². The van der Waals surface area contributed by atoms with Gasteiger partial charge in [0, 0.05) is 11.1 Å². The van der Waals surface area contributed by atoms with Gasteiger partial charge in [-0.25, -0.2) is 0 Å². The van der Waals surface area contributed by atoms with Gasteiger partial charge in [-0.3, -0.25) is 0 Å². The number of benzene rings is 5. The largest absolute Gasteiger partial charge is 0.192 e. The lowest BCUT2D eigenvalue weighted by atomic mass is 9.81. The molecule has 5 rings (SSSR count). The summed E-state index contributed by atoms with van der Waals surface area (Å²) in [6, 6.07) is 46.0. The van der Waals surface area contributed by atoms with Crippen molar-refractivity contribution >= 4 is 0 Å². The van der Waals surface area contributed by atoms with Crippen LogP contribution in [0.25, 0.3) is 44.5 Å². The Balaban J connectivity index is 1.97. The first-order chi connectivity index (χ1) is 15.9.